The van der Waals surface area contributed by atoms with Crippen LogP contribution in [0.4, 0.5) is 0 Å². The minimum atomic E-state index is -0.0351. The summed E-state index contributed by atoms with van der Waals surface area (Å²) in [7, 11) is 1.00. The highest BCUT2D eigenvalue weighted by atomic mass is 31.1. The molecule has 0 fully saturated rings. The van der Waals surface area contributed by atoms with E-state index >= 15 is 0 Å². The van der Waals surface area contributed by atoms with E-state index in [1.165, 1.54) is 12.3 Å². The maximum atomic E-state index is 3.86. The normalized spacial score (nSPS) is 25.9. The Kier molecular flexibility index (Phi) is 8.09. The lowest BCUT2D eigenvalue weighted by atomic mass is 9.97. The first-order chi connectivity index (χ1) is 12.7. The Bertz CT molecular complexity index is 701. The third-order valence-electron chi connectivity index (χ3n) is 5.05. The highest BCUT2D eigenvalue weighted by Gasteiger charge is 2.44. The van der Waals surface area contributed by atoms with E-state index in [0.717, 1.165) is 25.8 Å². The average Bonchev–Trinajstić information content (AvgIpc) is 3.12. The zero-order valence-corrected chi connectivity index (χ0v) is 20.2. The Morgan fingerprint density at radius 2 is 1.81 bits per heavy atom. The van der Waals surface area contributed by atoms with Gasteiger partial charge < -0.3 is 0 Å². The van der Waals surface area contributed by atoms with Gasteiger partial charge in [-0.25, -0.2) is 0 Å². The van der Waals surface area contributed by atoms with Crippen molar-refractivity contribution in [1.82, 2.24) is 0 Å². The molecule has 0 saturated carbocycles. The fourth-order valence-corrected chi connectivity index (χ4v) is 9.69. The Morgan fingerprint density at radius 3 is 2.41 bits per heavy atom. The van der Waals surface area contributed by atoms with E-state index < -0.39 is 0 Å². The molecule has 2 heterocycles. The molecule has 2 aliphatic rings. The number of hydrogen-bond donors (Lipinski definition) is 0. The zero-order chi connectivity index (χ0) is 20.2. The molecule has 4 unspecified atom stereocenters. The van der Waals surface area contributed by atoms with Crippen molar-refractivity contribution in [2.75, 3.05) is 6.16 Å². The summed E-state index contributed by atoms with van der Waals surface area (Å²) in [4.78, 5) is 0. The SMILES string of the molecule is C=C/C=C\C1=C(C)CPC1C1c2ccccc2CP1C(C)(C)C.CC(C)C. The van der Waals surface area contributed by atoms with Crippen LogP contribution in [0.3, 0.4) is 0 Å². The number of rotatable bonds is 3. The van der Waals surface area contributed by atoms with Gasteiger partial charge in [-0.2, -0.15) is 0 Å². The van der Waals surface area contributed by atoms with Crippen LogP contribution in [-0.4, -0.2) is 17.0 Å². The Balaban J connectivity index is 0.000000596. The van der Waals surface area contributed by atoms with Gasteiger partial charge in [0.25, 0.3) is 0 Å². The van der Waals surface area contributed by atoms with Crippen LogP contribution in [0.25, 0.3) is 0 Å². The van der Waals surface area contributed by atoms with Crippen LogP contribution in [-0.2, 0) is 6.16 Å². The lowest BCUT2D eigenvalue weighted by Gasteiger charge is -2.37. The summed E-state index contributed by atoms with van der Waals surface area (Å²) in [5.41, 5.74) is 7.91. The maximum absolute atomic E-state index is 3.86. The van der Waals surface area contributed by atoms with Crippen molar-refractivity contribution in [3.63, 3.8) is 0 Å². The molecular formula is C25H38P2. The Morgan fingerprint density at radius 1 is 1.19 bits per heavy atom. The van der Waals surface area contributed by atoms with Gasteiger partial charge in [0.1, 0.15) is 0 Å². The summed E-state index contributed by atoms with van der Waals surface area (Å²) in [6, 6.07) is 9.22. The predicted molar refractivity (Wildman–Crippen MR) is 129 cm³/mol. The van der Waals surface area contributed by atoms with Crippen molar-refractivity contribution >= 4 is 16.5 Å². The van der Waals surface area contributed by atoms with E-state index in [4.69, 9.17) is 0 Å². The summed E-state index contributed by atoms with van der Waals surface area (Å²) in [6.45, 7) is 20.0. The fourth-order valence-electron chi connectivity index (χ4n) is 3.87. The molecule has 148 valence electrons. The van der Waals surface area contributed by atoms with Gasteiger partial charge in [-0.1, -0.05) is 104 Å². The first kappa shape index (κ1) is 22.6. The molecule has 0 bridgehead atoms. The molecule has 1 aromatic carbocycles. The first-order valence-electron chi connectivity index (χ1n) is 10.2. The monoisotopic (exact) mass is 400 g/mol. The molecule has 0 N–H and O–H groups in total. The average molecular weight is 401 g/mol. The molecule has 0 nitrogen and oxygen atoms in total. The molecule has 0 aromatic heterocycles. The van der Waals surface area contributed by atoms with Crippen molar-refractivity contribution in [2.24, 2.45) is 5.92 Å². The molecule has 0 aliphatic carbocycles. The zero-order valence-electron chi connectivity index (χ0n) is 18.3. The minimum absolute atomic E-state index is 0.0351. The summed E-state index contributed by atoms with van der Waals surface area (Å²) in [6.07, 6.45) is 8.96. The van der Waals surface area contributed by atoms with E-state index in [-0.39, 0.29) is 7.92 Å². The third-order valence-corrected chi connectivity index (χ3v) is 10.8. The predicted octanol–water partition coefficient (Wildman–Crippen LogP) is 8.30. The largest absolute Gasteiger partial charge is 0.109 e. The number of benzene rings is 1. The van der Waals surface area contributed by atoms with Gasteiger partial charge in [-0.05, 0) is 47.0 Å². The maximum Gasteiger partial charge on any atom is 0.0158 e. The topological polar surface area (TPSA) is 0 Å². The van der Waals surface area contributed by atoms with Crippen LogP contribution in [0, 0.1) is 5.92 Å². The van der Waals surface area contributed by atoms with Crippen LogP contribution in [0.2, 0.25) is 0 Å². The molecule has 3 rings (SSSR count). The van der Waals surface area contributed by atoms with Crippen molar-refractivity contribution in [3.05, 3.63) is 71.3 Å². The third kappa shape index (κ3) is 5.65. The Labute approximate surface area is 171 Å². The van der Waals surface area contributed by atoms with Crippen molar-refractivity contribution in [1.29, 1.82) is 0 Å². The molecule has 27 heavy (non-hydrogen) atoms. The standard InChI is InChI=1S/C21H28P2.C4H10/c1-6-7-11-17-15(2)13-22-19(17)20-18-12-9-8-10-16(18)14-23(20)21(3,4)5;1-4(2)3/h6-12,19-20,22H,1,13-14H2,2-5H3;4H,1-3H3/b11-7-;. The van der Waals surface area contributed by atoms with Crippen LogP contribution in [0.5, 0.6) is 0 Å². The smallest absolute Gasteiger partial charge is 0.0158 e. The second kappa shape index (κ2) is 9.67. The van der Waals surface area contributed by atoms with Crippen molar-refractivity contribution < 1.29 is 0 Å². The van der Waals surface area contributed by atoms with Crippen LogP contribution in [0.1, 0.15) is 65.3 Å². The quantitative estimate of drug-likeness (QED) is 0.353. The summed E-state index contributed by atoms with van der Waals surface area (Å²) >= 11 is 0. The van der Waals surface area contributed by atoms with Crippen molar-refractivity contribution in [3.8, 4) is 0 Å². The molecule has 1 aromatic rings. The van der Waals surface area contributed by atoms with Gasteiger partial charge in [0.15, 0.2) is 0 Å². The van der Waals surface area contributed by atoms with Gasteiger partial charge in [-0.15, -0.1) is 8.58 Å². The van der Waals surface area contributed by atoms with E-state index in [9.17, 15) is 0 Å². The second-order valence-electron chi connectivity index (χ2n) is 9.36. The number of hydrogen-bond acceptors (Lipinski definition) is 0. The van der Waals surface area contributed by atoms with Crippen LogP contribution >= 0.6 is 16.5 Å². The molecule has 2 aliphatic heterocycles. The first-order valence-corrected chi connectivity index (χ1v) is 13.1. The summed E-state index contributed by atoms with van der Waals surface area (Å²) in [5.74, 6) is 0.833. The second-order valence-corrected chi connectivity index (χ2v) is 13.9. The van der Waals surface area contributed by atoms with E-state index in [2.05, 4.69) is 91.5 Å². The lowest BCUT2D eigenvalue weighted by molar-refractivity contribution is 0.737. The van der Waals surface area contributed by atoms with Gasteiger partial charge in [0.05, 0.1) is 0 Å². The number of fused-ring (bicyclic) bond motifs is 1. The molecule has 0 amide bonds. The highest BCUT2D eigenvalue weighted by molar-refractivity contribution is 7.60. The molecule has 0 saturated heterocycles. The fraction of sp³-hybridized carbons (Fsp3) is 0.520. The van der Waals surface area contributed by atoms with Gasteiger partial charge in [0, 0.05) is 11.3 Å². The molecule has 2 heteroatoms. The van der Waals surface area contributed by atoms with Gasteiger partial charge >= 0.3 is 0 Å². The van der Waals surface area contributed by atoms with E-state index in [1.807, 2.05) is 6.08 Å². The Hall–Kier alpha value is -0.700. The van der Waals surface area contributed by atoms with Gasteiger partial charge in [0.2, 0.25) is 0 Å². The van der Waals surface area contributed by atoms with E-state index in [0.29, 0.717) is 5.16 Å². The molecule has 4 atom stereocenters. The molecular weight excluding hydrogens is 362 g/mol. The summed E-state index contributed by atoms with van der Waals surface area (Å²) in [5, 5.41) is 0.410. The summed E-state index contributed by atoms with van der Waals surface area (Å²) < 4.78 is 0. The van der Waals surface area contributed by atoms with Crippen molar-refractivity contribution in [2.45, 2.75) is 71.1 Å². The van der Waals surface area contributed by atoms with E-state index in [1.54, 1.807) is 22.3 Å². The van der Waals surface area contributed by atoms with Gasteiger partial charge in [-0.3, -0.25) is 0 Å². The van der Waals surface area contributed by atoms with Crippen LogP contribution < -0.4 is 0 Å². The number of allylic oxidation sites excluding steroid dienone is 5. The van der Waals surface area contributed by atoms with Crippen LogP contribution in [0.15, 0.2) is 60.2 Å². The minimum Gasteiger partial charge on any atom is -0.109 e. The molecule has 0 spiro atoms. The lowest BCUT2D eigenvalue weighted by Crippen LogP contribution is -2.19. The highest BCUT2D eigenvalue weighted by Crippen LogP contribution is 2.71. The molecule has 0 radical (unpaired) electrons.